The van der Waals surface area contributed by atoms with E-state index in [0.29, 0.717) is 17.5 Å². The van der Waals surface area contributed by atoms with Crippen molar-refractivity contribution in [3.8, 4) is 0 Å². The van der Waals surface area contributed by atoms with Gasteiger partial charge in [-0.3, -0.25) is 4.79 Å². The molecule has 1 aliphatic heterocycles. The van der Waals surface area contributed by atoms with Gasteiger partial charge < -0.3 is 14.2 Å². The van der Waals surface area contributed by atoms with E-state index in [-0.39, 0.29) is 5.91 Å². The van der Waals surface area contributed by atoms with Gasteiger partial charge in [-0.15, -0.1) is 0 Å². The van der Waals surface area contributed by atoms with Gasteiger partial charge >= 0.3 is 0 Å². The number of aromatic nitrogens is 2. The molecule has 1 aliphatic carbocycles. The molecule has 0 aromatic carbocycles. The molecule has 5 nitrogen and oxygen atoms in total. The Morgan fingerprint density at radius 1 is 1.27 bits per heavy atom. The zero-order chi connectivity index (χ0) is 15.4. The fourth-order valence-corrected chi connectivity index (χ4v) is 3.69. The van der Waals surface area contributed by atoms with Crippen LogP contribution >= 0.6 is 0 Å². The Hall–Kier alpha value is -1.36. The van der Waals surface area contributed by atoms with E-state index in [1.54, 1.807) is 12.5 Å². The van der Waals surface area contributed by atoms with Gasteiger partial charge in [0.1, 0.15) is 5.69 Å². The van der Waals surface area contributed by atoms with Crippen LogP contribution in [0.5, 0.6) is 0 Å². The van der Waals surface area contributed by atoms with Gasteiger partial charge in [0.15, 0.2) is 0 Å². The summed E-state index contributed by atoms with van der Waals surface area (Å²) < 4.78 is 7.31. The van der Waals surface area contributed by atoms with Gasteiger partial charge in [-0.2, -0.15) is 0 Å². The SMILES string of the molecule is Cn1cncc1C(=O)N(CC1CCCCC1)CC1CCOC1. The first-order chi connectivity index (χ1) is 10.7. The van der Waals surface area contributed by atoms with E-state index < -0.39 is 0 Å². The first-order valence-corrected chi connectivity index (χ1v) is 8.57. The summed E-state index contributed by atoms with van der Waals surface area (Å²) in [6, 6.07) is 0. The van der Waals surface area contributed by atoms with Crippen LogP contribution in [-0.4, -0.2) is 46.7 Å². The van der Waals surface area contributed by atoms with Crippen molar-refractivity contribution in [1.29, 1.82) is 0 Å². The summed E-state index contributed by atoms with van der Waals surface area (Å²) in [6.45, 7) is 3.34. The zero-order valence-corrected chi connectivity index (χ0v) is 13.5. The van der Waals surface area contributed by atoms with Crippen molar-refractivity contribution in [2.75, 3.05) is 26.3 Å². The minimum absolute atomic E-state index is 0.123. The van der Waals surface area contributed by atoms with Crippen LogP contribution in [0.3, 0.4) is 0 Å². The number of carbonyl (C=O) groups is 1. The van der Waals surface area contributed by atoms with Gasteiger partial charge in [0.2, 0.25) is 0 Å². The Balaban J connectivity index is 1.69. The van der Waals surface area contributed by atoms with E-state index in [1.165, 1.54) is 32.1 Å². The second-order valence-corrected chi connectivity index (χ2v) is 6.83. The Labute approximate surface area is 132 Å². The molecule has 1 atom stereocenters. The van der Waals surface area contributed by atoms with Gasteiger partial charge in [-0.1, -0.05) is 19.3 Å². The number of amides is 1. The molecule has 5 heteroatoms. The first-order valence-electron chi connectivity index (χ1n) is 8.57. The largest absolute Gasteiger partial charge is 0.381 e. The standard InChI is InChI=1S/C17H27N3O2/c1-19-13-18-9-16(19)17(21)20(11-15-7-8-22-12-15)10-14-5-3-2-4-6-14/h9,13-15H,2-8,10-12H2,1H3. The van der Waals surface area contributed by atoms with E-state index in [0.717, 1.165) is 32.7 Å². The normalized spacial score (nSPS) is 22.9. The second kappa shape index (κ2) is 7.27. The molecule has 1 unspecified atom stereocenters. The van der Waals surface area contributed by atoms with Crippen molar-refractivity contribution in [1.82, 2.24) is 14.5 Å². The number of ether oxygens (including phenoxy) is 1. The number of aryl methyl sites for hydroxylation is 1. The summed E-state index contributed by atoms with van der Waals surface area (Å²) in [4.78, 5) is 19.1. The Kier molecular flexibility index (Phi) is 5.13. The van der Waals surface area contributed by atoms with Gasteiger partial charge in [0.25, 0.3) is 5.91 Å². The minimum atomic E-state index is 0.123. The lowest BCUT2D eigenvalue weighted by Crippen LogP contribution is -2.40. The maximum Gasteiger partial charge on any atom is 0.272 e. The molecule has 2 fully saturated rings. The molecule has 2 heterocycles. The highest BCUT2D eigenvalue weighted by molar-refractivity contribution is 5.92. The molecule has 0 spiro atoms. The molecule has 3 rings (SSSR count). The Morgan fingerprint density at radius 2 is 2.05 bits per heavy atom. The highest BCUT2D eigenvalue weighted by atomic mass is 16.5. The monoisotopic (exact) mass is 305 g/mol. The Bertz CT molecular complexity index is 488. The minimum Gasteiger partial charge on any atom is -0.381 e. The summed E-state index contributed by atoms with van der Waals surface area (Å²) in [5.74, 6) is 1.27. The molecule has 1 amide bonds. The third-order valence-corrected chi connectivity index (χ3v) is 5.03. The lowest BCUT2D eigenvalue weighted by atomic mass is 9.88. The predicted molar refractivity (Wildman–Crippen MR) is 84.6 cm³/mol. The molecule has 1 saturated heterocycles. The molecule has 1 aromatic rings. The fourth-order valence-electron chi connectivity index (χ4n) is 3.69. The van der Waals surface area contributed by atoms with Crippen molar-refractivity contribution >= 4 is 5.91 Å². The lowest BCUT2D eigenvalue weighted by molar-refractivity contribution is 0.0664. The molecular formula is C17H27N3O2. The summed E-state index contributed by atoms with van der Waals surface area (Å²) in [7, 11) is 1.89. The van der Waals surface area contributed by atoms with E-state index in [2.05, 4.69) is 9.88 Å². The molecule has 0 radical (unpaired) electrons. The van der Waals surface area contributed by atoms with Crippen LogP contribution in [0.25, 0.3) is 0 Å². The molecule has 0 bridgehead atoms. The average molecular weight is 305 g/mol. The number of nitrogens with zero attached hydrogens (tertiary/aromatic N) is 3. The van der Waals surface area contributed by atoms with Gasteiger partial charge in [-0.05, 0) is 25.2 Å². The first kappa shape index (κ1) is 15.5. The van der Waals surface area contributed by atoms with E-state index in [1.807, 2.05) is 11.6 Å². The summed E-state index contributed by atoms with van der Waals surface area (Å²) in [5.41, 5.74) is 0.690. The molecule has 122 valence electrons. The fraction of sp³-hybridized carbons (Fsp3) is 0.765. The van der Waals surface area contributed by atoms with Crippen LogP contribution in [0, 0.1) is 11.8 Å². The zero-order valence-electron chi connectivity index (χ0n) is 13.5. The van der Waals surface area contributed by atoms with Gasteiger partial charge in [0, 0.05) is 32.7 Å². The molecule has 22 heavy (non-hydrogen) atoms. The van der Waals surface area contributed by atoms with Crippen molar-refractivity contribution in [3.63, 3.8) is 0 Å². The predicted octanol–water partition coefficient (Wildman–Crippen LogP) is 2.48. The van der Waals surface area contributed by atoms with Crippen LogP contribution in [0.2, 0.25) is 0 Å². The van der Waals surface area contributed by atoms with Crippen molar-refractivity contribution in [2.45, 2.75) is 38.5 Å². The maximum atomic E-state index is 12.9. The maximum absolute atomic E-state index is 12.9. The number of rotatable bonds is 5. The van der Waals surface area contributed by atoms with E-state index in [4.69, 9.17) is 4.74 Å². The molecule has 1 saturated carbocycles. The van der Waals surface area contributed by atoms with Crippen molar-refractivity contribution < 1.29 is 9.53 Å². The third-order valence-electron chi connectivity index (χ3n) is 5.03. The topological polar surface area (TPSA) is 47.4 Å². The second-order valence-electron chi connectivity index (χ2n) is 6.83. The van der Waals surface area contributed by atoms with Crippen LogP contribution < -0.4 is 0 Å². The smallest absolute Gasteiger partial charge is 0.272 e. The molecule has 0 N–H and O–H groups in total. The number of carbonyl (C=O) groups excluding carboxylic acids is 1. The number of hydrogen-bond donors (Lipinski definition) is 0. The van der Waals surface area contributed by atoms with Crippen molar-refractivity contribution in [2.24, 2.45) is 18.9 Å². The molecule has 2 aliphatic rings. The quantitative estimate of drug-likeness (QED) is 0.839. The molecular weight excluding hydrogens is 278 g/mol. The van der Waals surface area contributed by atoms with E-state index >= 15 is 0 Å². The number of hydrogen-bond acceptors (Lipinski definition) is 3. The highest BCUT2D eigenvalue weighted by Crippen LogP contribution is 2.26. The lowest BCUT2D eigenvalue weighted by Gasteiger charge is -2.31. The Morgan fingerprint density at radius 3 is 2.68 bits per heavy atom. The van der Waals surface area contributed by atoms with E-state index in [9.17, 15) is 4.79 Å². The summed E-state index contributed by atoms with van der Waals surface area (Å²) in [5, 5.41) is 0. The molecule has 1 aromatic heterocycles. The third kappa shape index (κ3) is 3.69. The van der Waals surface area contributed by atoms with Crippen LogP contribution in [0.1, 0.15) is 49.0 Å². The highest BCUT2D eigenvalue weighted by Gasteiger charge is 2.27. The van der Waals surface area contributed by atoms with Gasteiger partial charge in [0.05, 0.1) is 19.1 Å². The van der Waals surface area contributed by atoms with Gasteiger partial charge in [-0.25, -0.2) is 4.98 Å². The number of imidazole rings is 1. The summed E-state index contributed by atoms with van der Waals surface area (Å²) >= 11 is 0. The van der Waals surface area contributed by atoms with Crippen molar-refractivity contribution in [3.05, 3.63) is 18.2 Å². The van der Waals surface area contributed by atoms with Crippen LogP contribution in [0.4, 0.5) is 0 Å². The average Bonchev–Trinajstić information content (AvgIpc) is 3.18. The van der Waals surface area contributed by atoms with Crippen LogP contribution in [-0.2, 0) is 11.8 Å². The summed E-state index contributed by atoms with van der Waals surface area (Å²) in [6.07, 6.45) is 10.9. The van der Waals surface area contributed by atoms with Crippen LogP contribution in [0.15, 0.2) is 12.5 Å².